The average Bonchev–Trinajstić information content (AvgIpc) is 2.74. The van der Waals surface area contributed by atoms with Crippen LogP contribution >= 0.6 is 0 Å². The molecule has 3 aromatic rings. The molecule has 1 heterocycles. The van der Waals surface area contributed by atoms with Gasteiger partial charge in [-0.05, 0) is 31.5 Å². The van der Waals surface area contributed by atoms with E-state index in [2.05, 4.69) is 23.0 Å². The van der Waals surface area contributed by atoms with Gasteiger partial charge in [0.15, 0.2) is 5.88 Å². The van der Waals surface area contributed by atoms with Crippen molar-refractivity contribution in [1.29, 1.82) is 0 Å². The zero-order chi connectivity index (χ0) is 14.1. The summed E-state index contributed by atoms with van der Waals surface area (Å²) in [6.45, 7) is 4.10. The van der Waals surface area contributed by atoms with Crippen molar-refractivity contribution < 1.29 is 5.11 Å². The topological polar surface area (TPSA) is 48.4 Å². The number of hydrogen-bond acceptors (Lipinski definition) is 2. The fourth-order valence-corrected chi connectivity index (χ4v) is 2.36. The van der Waals surface area contributed by atoms with E-state index in [9.17, 15) is 5.11 Å². The molecular formula is C17H16N2O. The van der Waals surface area contributed by atoms with Crippen LogP contribution in [-0.2, 0) is 0 Å². The Balaban J connectivity index is 2.04. The highest BCUT2D eigenvalue weighted by molar-refractivity contribution is 6.02. The molecule has 3 heteroatoms. The molecule has 0 aliphatic rings. The number of rotatable bonds is 2. The van der Waals surface area contributed by atoms with Crippen molar-refractivity contribution in [2.24, 2.45) is 4.99 Å². The van der Waals surface area contributed by atoms with Crippen LogP contribution in [0.4, 0.5) is 5.69 Å². The third-order valence-electron chi connectivity index (χ3n) is 3.41. The number of benzene rings is 2. The summed E-state index contributed by atoms with van der Waals surface area (Å²) in [5.41, 5.74) is 4.89. The van der Waals surface area contributed by atoms with Crippen LogP contribution in [0.15, 0.2) is 47.5 Å². The van der Waals surface area contributed by atoms with Gasteiger partial charge in [0.25, 0.3) is 0 Å². The number of nitrogens with one attached hydrogen (secondary N) is 1. The molecule has 0 aliphatic heterocycles. The maximum atomic E-state index is 9.98. The number of nitrogens with zero attached hydrogens (tertiary/aromatic N) is 1. The van der Waals surface area contributed by atoms with Crippen LogP contribution < -0.4 is 0 Å². The second-order valence-corrected chi connectivity index (χ2v) is 4.98. The van der Waals surface area contributed by atoms with Gasteiger partial charge >= 0.3 is 0 Å². The Bertz CT molecular complexity index is 800. The summed E-state index contributed by atoms with van der Waals surface area (Å²) in [4.78, 5) is 7.45. The normalized spacial score (nSPS) is 11.5. The predicted molar refractivity (Wildman–Crippen MR) is 83.1 cm³/mol. The predicted octanol–water partition coefficient (Wildman–Crippen LogP) is 4.24. The Hall–Kier alpha value is -2.55. The molecule has 3 nitrogen and oxygen atoms in total. The van der Waals surface area contributed by atoms with Crippen LogP contribution in [0.3, 0.4) is 0 Å². The molecule has 0 radical (unpaired) electrons. The zero-order valence-corrected chi connectivity index (χ0v) is 11.5. The first kappa shape index (κ1) is 12.5. The lowest BCUT2D eigenvalue weighted by Crippen LogP contribution is -1.81. The minimum Gasteiger partial charge on any atom is -0.494 e. The van der Waals surface area contributed by atoms with E-state index in [-0.39, 0.29) is 5.88 Å². The van der Waals surface area contributed by atoms with Crippen molar-refractivity contribution in [1.82, 2.24) is 4.98 Å². The minimum absolute atomic E-state index is 0.153. The summed E-state index contributed by atoms with van der Waals surface area (Å²) < 4.78 is 0. The van der Waals surface area contributed by atoms with E-state index in [1.807, 2.05) is 43.3 Å². The van der Waals surface area contributed by atoms with Gasteiger partial charge in [-0.15, -0.1) is 0 Å². The Morgan fingerprint density at radius 3 is 2.70 bits per heavy atom. The van der Waals surface area contributed by atoms with Crippen molar-refractivity contribution >= 4 is 22.8 Å². The number of aryl methyl sites for hydroxylation is 2. The maximum absolute atomic E-state index is 9.98. The van der Waals surface area contributed by atoms with Crippen molar-refractivity contribution in [3.05, 3.63) is 59.2 Å². The lowest BCUT2D eigenvalue weighted by atomic mass is 10.1. The molecule has 20 heavy (non-hydrogen) atoms. The number of fused-ring (bicyclic) bond motifs is 1. The maximum Gasteiger partial charge on any atom is 0.198 e. The van der Waals surface area contributed by atoms with Crippen LogP contribution in [-0.4, -0.2) is 16.3 Å². The van der Waals surface area contributed by atoms with Crippen LogP contribution in [0.5, 0.6) is 5.88 Å². The van der Waals surface area contributed by atoms with Crippen molar-refractivity contribution in [2.45, 2.75) is 13.8 Å². The fraction of sp³-hybridized carbons (Fsp3) is 0.118. The number of aliphatic imine (C=N–C) groups is 1. The third kappa shape index (κ3) is 2.18. The van der Waals surface area contributed by atoms with Crippen LogP contribution in [0.2, 0.25) is 0 Å². The van der Waals surface area contributed by atoms with Crippen molar-refractivity contribution in [3.8, 4) is 5.88 Å². The first-order valence-corrected chi connectivity index (χ1v) is 6.56. The molecule has 0 saturated heterocycles. The summed E-state index contributed by atoms with van der Waals surface area (Å²) >= 11 is 0. The van der Waals surface area contributed by atoms with Gasteiger partial charge in [-0.25, -0.2) is 0 Å². The lowest BCUT2D eigenvalue weighted by Gasteiger charge is -2.01. The van der Waals surface area contributed by atoms with Gasteiger partial charge in [0.05, 0.1) is 11.3 Å². The third-order valence-corrected chi connectivity index (χ3v) is 3.41. The van der Waals surface area contributed by atoms with E-state index in [1.165, 1.54) is 5.56 Å². The number of aromatic amines is 1. The zero-order valence-electron chi connectivity index (χ0n) is 11.5. The van der Waals surface area contributed by atoms with Gasteiger partial charge in [-0.1, -0.05) is 35.9 Å². The molecular weight excluding hydrogens is 248 g/mol. The average molecular weight is 264 g/mol. The standard InChI is InChI=1S/C17H16N2O/c1-11-7-8-15(12(2)9-11)18-10-14-13-5-3-4-6-16(13)19-17(14)20/h3-10,19-20H,1-2H3. The largest absolute Gasteiger partial charge is 0.494 e. The van der Waals surface area contributed by atoms with E-state index in [0.717, 1.165) is 27.7 Å². The molecule has 2 aromatic carbocycles. The van der Waals surface area contributed by atoms with Gasteiger partial charge in [0.1, 0.15) is 0 Å². The molecule has 0 amide bonds. The highest BCUT2D eigenvalue weighted by atomic mass is 16.3. The van der Waals surface area contributed by atoms with E-state index < -0.39 is 0 Å². The molecule has 100 valence electrons. The van der Waals surface area contributed by atoms with Gasteiger partial charge in [0, 0.05) is 17.1 Å². The summed E-state index contributed by atoms with van der Waals surface area (Å²) in [5.74, 6) is 0.153. The smallest absolute Gasteiger partial charge is 0.198 e. The molecule has 3 rings (SSSR count). The monoisotopic (exact) mass is 264 g/mol. The van der Waals surface area contributed by atoms with E-state index in [4.69, 9.17) is 0 Å². The molecule has 0 aliphatic carbocycles. The Kier molecular flexibility index (Phi) is 3.03. The summed E-state index contributed by atoms with van der Waals surface area (Å²) in [6.07, 6.45) is 1.71. The Morgan fingerprint density at radius 1 is 1.10 bits per heavy atom. The van der Waals surface area contributed by atoms with Gasteiger partial charge in [0.2, 0.25) is 0 Å². The summed E-state index contributed by atoms with van der Waals surface area (Å²) in [7, 11) is 0. The van der Waals surface area contributed by atoms with Crippen LogP contribution in [0, 0.1) is 13.8 Å². The first-order chi connectivity index (χ1) is 9.65. The Morgan fingerprint density at radius 2 is 1.90 bits per heavy atom. The molecule has 2 N–H and O–H groups in total. The summed E-state index contributed by atoms with van der Waals surface area (Å²) in [6, 6.07) is 13.9. The van der Waals surface area contributed by atoms with Crippen LogP contribution in [0.25, 0.3) is 10.9 Å². The number of H-pyrrole nitrogens is 1. The SMILES string of the molecule is Cc1ccc(N=Cc2c(O)[nH]c3ccccc23)c(C)c1. The molecule has 0 atom stereocenters. The van der Waals surface area contributed by atoms with Gasteiger partial charge < -0.3 is 10.1 Å². The number of aromatic hydroxyl groups is 1. The molecule has 0 bridgehead atoms. The Labute approximate surface area is 117 Å². The second kappa shape index (κ2) is 4.85. The van der Waals surface area contributed by atoms with E-state index >= 15 is 0 Å². The quantitative estimate of drug-likeness (QED) is 0.668. The lowest BCUT2D eigenvalue weighted by molar-refractivity contribution is 0.457. The van der Waals surface area contributed by atoms with Crippen LogP contribution in [0.1, 0.15) is 16.7 Å². The second-order valence-electron chi connectivity index (χ2n) is 4.98. The minimum atomic E-state index is 0.153. The molecule has 0 saturated carbocycles. The van der Waals surface area contributed by atoms with E-state index in [1.54, 1.807) is 6.21 Å². The molecule has 0 unspecified atom stereocenters. The summed E-state index contributed by atoms with van der Waals surface area (Å²) in [5, 5.41) is 10.9. The van der Waals surface area contributed by atoms with Crippen molar-refractivity contribution in [3.63, 3.8) is 0 Å². The fourth-order valence-electron chi connectivity index (χ4n) is 2.36. The molecule has 1 aromatic heterocycles. The number of hydrogen-bond donors (Lipinski definition) is 2. The first-order valence-electron chi connectivity index (χ1n) is 6.56. The molecule has 0 spiro atoms. The van der Waals surface area contributed by atoms with Gasteiger partial charge in [-0.2, -0.15) is 0 Å². The molecule has 0 fully saturated rings. The highest BCUT2D eigenvalue weighted by Crippen LogP contribution is 2.26. The van der Waals surface area contributed by atoms with Gasteiger partial charge in [-0.3, -0.25) is 4.99 Å². The van der Waals surface area contributed by atoms with E-state index in [0.29, 0.717) is 0 Å². The number of aromatic nitrogens is 1. The van der Waals surface area contributed by atoms with Crippen molar-refractivity contribution in [2.75, 3.05) is 0 Å². The number of para-hydroxylation sites is 1. The highest BCUT2D eigenvalue weighted by Gasteiger charge is 2.07.